The Kier molecular flexibility index (Phi) is 4.25. The molecule has 2 aromatic rings. The standard InChI is InChI=1S/C14H14BrClN2/c1-9-3-4-11(7-12(9)15)8-18-13-10(2)5-6-17-14(13)16/h3-7,18H,8H2,1-2H3. The Morgan fingerprint density at radius 2 is 2.00 bits per heavy atom. The monoisotopic (exact) mass is 324 g/mol. The number of aryl methyl sites for hydroxylation is 2. The molecular weight excluding hydrogens is 312 g/mol. The van der Waals surface area contributed by atoms with Crippen molar-refractivity contribution in [2.24, 2.45) is 0 Å². The van der Waals surface area contributed by atoms with Gasteiger partial charge in [-0.2, -0.15) is 0 Å². The molecule has 2 nitrogen and oxygen atoms in total. The van der Waals surface area contributed by atoms with Crippen molar-refractivity contribution >= 4 is 33.2 Å². The van der Waals surface area contributed by atoms with Crippen molar-refractivity contribution in [3.8, 4) is 0 Å². The predicted molar refractivity (Wildman–Crippen MR) is 80.2 cm³/mol. The highest BCUT2D eigenvalue weighted by Crippen LogP contribution is 2.24. The van der Waals surface area contributed by atoms with Crippen LogP contribution in [0, 0.1) is 13.8 Å². The lowest BCUT2D eigenvalue weighted by atomic mass is 10.1. The van der Waals surface area contributed by atoms with Gasteiger partial charge in [-0.25, -0.2) is 4.98 Å². The molecule has 18 heavy (non-hydrogen) atoms. The molecule has 4 heteroatoms. The lowest BCUT2D eigenvalue weighted by Gasteiger charge is -2.11. The summed E-state index contributed by atoms with van der Waals surface area (Å²) in [6.45, 7) is 4.81. The van der Waals surface area contributed by atoms with E-state index in [9.17, 15) is 0 Å². The van der Waals surface area contributed by atoms with Crippen LogP contribution < -0.4 is 5.32 Å². The zero-order chi connectivity index (χ0) is 13.1. The second kappa shape index (κ2) is 5.72. The molecule has 1 heterocycles. The molecule has 0 atom stereocenters. The van der Waals surface area contributed by atoms with E-state index in [1.165, 1.54) is 11.1 Å². The molecule has 0 aliphatic heterocycles. The van der Waals surface area contributed by atoms with E-state index >= 15 is 0 Å². The minimum absolute atomic E-state index is 0.515. The molecule has 0 bridgehead atoms. The van der Waals surface area contributed by atoms with E-state index in [2.05, 4.69) is 51.4 Å². The van der Waals surface area contributed by atoms with Crippen LogP contribution in [0.15, 0.2) is 34.9 Å². The van der Waals surface area contributed by atoms with Gasteiger partial charge in [-0.3, -0.25) is 0 Å². The van der Waals surface area contributed by atoms with E-state index in [0.29, 0.717) is 5.15 Å². The maximum absolute atomic E-state index is 6.07. The minimum Gasteiger partial charge on any atom is -0.378 e. The van der Waals surface area contributed by atoms with E-state index in [1.807, 2.05) is 13.0 Å². The molecule has 1 aromatic heterocycles. The van der Waals surface area contributed by atoms with Crippen LogP contribution in [0.1, 0.15) is 16.7 Å². The van der Waals surface area contributed by atoms with Crippen LogP contribution in [0.3, 0.4) is 0 Å². The average Bonchev–Trinajstić information content (AvgIpc) is 2.33. The Hall–Kier alpha value is -1.06. The van der Waals surface area contributed by atoms with E-state index in [0.717, 1.165) is 22.3 Å². The molecule has 0 saturated carbocycles. The minimum atomic E-state index is 0.515. The van der Waals surface area contributed by atoms with Crippen molar-refractivity contribution in [3.63, 3.8) is 0 Å². The fraction of sp³-hybridized carbons (Fsp3) is 0.214. The lowest BCUT2D eigenvalue weighted by molar-refractivity contribution is 1.12. The summed E-state index contributed by atoms with van der Waals surface area (Å²) in [7, 11) is 0. The lowest BCUT2D eigenvalue weighted by Crippen LogP contribution is -2.02. The zero-order valence-electron chi connectivity index (χ0n) is 10.3. The summed E-state index contributed by atoms with van der Waals surface area (Å²) in [5, 5.41) is 3.84. The third-order valence-electron chi connectivity index (χ3n) is 2.82. The van der Waals surface area contributed by atoms with Crippen molar-refractivity contribution in [2.45, 2.75) is 20.4 Å². The maximum atomic E-state index is 6.07. The number of nitrogens with one attached hydrogen (secondary N) is 1. The summed E-state index contributed by atoms with van der Waals surface area (Å²) in [4.78, 5) is 4.08. The third-order valence-corrected chi connectivity index (χ3v) is 3.96. The molecule has 0 radical (unpaired) electrons. The van der Waals surface area contributed by atoms with E-state index in [1.54, 1.807) is 6.20 Å². The summed E-state index contributed by atoms with van der Waals surface area (Å²) in [5.41, 5.74) is 4.43. The second-order valence-electron chi connectivity index (χ2n) is 4.23. The predicted octanol–water partition coefficient (Wildman–Crippen LogP) is 4.73. The number of hydrogen-bond donors (Lipinski definition) is 1. The van der Waals surface area contributed by atoms with E-state index in [-0.39, 0.29) is 0 Å². The van der Waals surface area contributed by atoms with Crippen molar-refractivity contribution in [3.05, 3.63) is 56.8 Å². The van der Waals surface area contributed by atoms with Crippen molar-refractivity contribution < 1.29 is 0 Å². The van der Waals surface area contributed by atoms with Gasteiger partial charge in [0.2, 0.25) is 0 Å². The van der Waals surface area contributed by atoms with Gasteiger partial charge in [-0.05, 0) is 42.7 Å². The zero-order valence-corrected chi connectivity index (χ0v) is 12.6. The molecule has 0 spiro atoms. The Morgan fingerprint density at radius 3 is 2.67 bits per heavy atom. The van der Waals surface area contributed by atoms with Crippen molar-refractivity contribution in [1.82, 2.24) is 4.98 Å². The van der Waals surface area contributed by atoms with Crippen LogP contribution in [0.4, 0.5) is 5.69 Å². The van der Waals surface area contributed by atoms with Gasteiger partial charge in [-0.15, -0.1) is 0 Å². The number of benzene rings is 1. The molecule has 2 rings (SSSR count). The van der Waals surface area contributed by atoms with Crippen LogP contribution in [0.5, 0.6) is 0 Å². The average molecular weight is 326 g/mol. The number of aromatic nitrogens is 1. The summed E-state index contributed by atoms with van der Waals surface area (Å²) in [6, 6.07) is 8.26. The van der Waals surface area contributed by atoms with Crippen molar-refractivity contribution in [2.75, 3.05) is 5.32 Å². The summed E-state index contributed by atoms with van der Waals surface area (Å²) in [6.07, 6.45) is 1.71. The highest BCUT2D eigenvalue weighted by atomic mass is 79.9. The van der Waals surface area contributed by atoms with Crippen LogP contribution in [-0.2, 0) is 6.54 Å². The molecule has 1 N–H and O–H groups in total. The topological polar surface area (TPSA) is 24.9 Å². The number of pyridine rings is 1. The largest absolute Gasteiger partial charge is 0.378 e. The van der Waals surface area contributed by atoms with Crippen LogP contribution >= 0.6 is 27.5 Å². The summed E-state index contributed by atoms with van der Waals surface area (Å²) < 4.78 is 1.12. The summed E-state index contributed by atoms with van der Waals surface area (Å²) in [5.74, 6) is 0. The quantitative estimate of drug-likeness (QED) is 0.825. The van der Waals surface area contributed by atoms with Gasteiger partial charge in [0.05, 0.1) is 5.69 Å². The van der Waals surface area contributed by atoms with Gasteiger partial charge in [0.1, 0.15) is 0 Å². The fourth-order valence-electron chi connectivity index (χ4n) is 1.67. The van der Waals surface area contributed by atoms with E-state index < -0.39 is 0 Å². The van der Waals surface area contributed by atoms with Gasteiger partial charge in [0, 0.05) is 17.2 Å². The molecule has 0 saturated heterocycles. The van der Waals surface area contributed by atoms with Crippen molar-refractivity contribution in [1.29, 1.82) is 0 Å². The first-order valence-corrected chi connectivity index (χ1v) is 6.85. The molecule has 0 fully saturated rings. The maximum Gasteiger partial charge on any atom is 0.152 e. The Morgan fingerprint density at radius 1 is 1.22 bits per heavy atom. The second-order valence-corrected chi connectivity index (χ2v) is 5.44. The highest BCUT2D eigenvalue weighted by Gasteiger charge is 2.04. The molecule has 0 unspecified atom stereocenters. The van der Waals surface area contributed by atoms with Gasteiger partial charge in [0.25, 0.3) is 0 Å². The number of nitrogens with zero attached hydrogens (tertiary/aromatic N) is 1. The molecular formula is C14H14BrClN2. The van der Waals surface area contributed by atoms with Crippen LogP contribution in [0.25, 0.3) is 0 Å². The highest BCUT2D eigenvalue weighted by molar-refractivity contribution is 9.10. The van der Waals surface area contributed by atoms with E-state index in [4.69, 9.17) is 11.6 Å². The molecule has 1 aromatic carbocycles. The van der Waals surface area contributed by atoms with Gasteiger partial charge in [-0.1, -0.05) is 39.7 Å². The molecule has 0 aliphatic carbocycles. The third kappa shape index (κ3) is 3.03. The number of hydrogen-bond acceptors (Lipinski definition) is 2. The Balaban J connectivity index is 2.14. The molecule has 0 aliphatic rings. The smallest absolute Gasteiger partial charge is 0.152 e. The van der Waals surface area contributed by atoms with Gasteiger partial charge >= 0.3 is 0 Å². The number of anilines is 1. The van der Waals surface area contributed by atoms with Crippen LogP contribution in [0.2, 0.25) is 5.15 Å². The number of rotatable bonds is 3. The normalized spacial score (nSPS) is 10.4. The Bertz CT molecular complexity index is 549. The molecule has 0 amide bonds. The number of halogens is 2. The molecule has 94 valence electrons. The van der Waals surface area contributed by atoms with Gasteiger partial charge in [0.15, 0.2) is 5.15 Å². The first-order valence-electron chi connectivity index (χ1n) is 5.68. The van der Waals surface area contributed by atoms with Crippen LogP contribution in [-0.4, -0.2) is 4.98 Å². The summed E-state index contributed by atoms with van der Waals surface area (Å²) >= 11 is 9.60. The van der Waals surface area contributed by atoms with Gasteiger partial charge < -0.3 is 5.32 Å². The SMILES string of the molecule is Cc1ccc(CNc2c(C)ccnc2Cl)cc1Br. The fourth-order valence-corrected chi connectivity index (χ4v) is 2.37. The Labute approximate surface area is 121 Å². The first kappa shape index (κ1) is 13.4. The first-order chi connectivity index (χ1) is 8.58.